The van der Waals surface area contributed by atoms with Crippen molar-refractivity contribution in [1.29, 1.82) is 0 Å². The SMILES string of the molecule is C=CC1=CC(C=C)N(C2CCN(C3CCN(Cc4ccccc4O)CC3)CC2)C(=O)N1.CC.CC. The molecule has 1 atom stereocenters. The van der Waals surface area contributed by atoms with Gasteiger partial charge in [-0.05, 0) is 57.0 Å². The van der Waals surface area contributed by atoms with E-state index in [1.165, 1.54) is 0 Å². The van der Waals surface area contributed by atoms with Gasteiger partial charge in [0.1, 0.15) is 5.75 Å². The number of phenolic OH excluding ortho intramolecular Hbond substituents is 1. The highest BCUT2D eigenvalue weighted by Gasteiger charge is 2.35. The van der Waals surface area contributed by atoms with Crippen molar-refractivity contribution in [3.8, 4) is 5.75 Å². The van der Waals surface area contributed by atoms with Gasteiger partial charge in [0.25, 0.3) is 0 Å². The van der Waals surface area contributed by atoms with Crippen molar-refractivity contribution >= 4 is 6.03 Å². The van der Waals surface area contributed by atoms with Gasteiger partial charge in [0.05, 0.1) is 6.04 Å². The van der Waals surface area contributed by atoms with Gasteiger partial charge in [-0.1, -0.05) is 58.5 Å². The summed E-state index contributed by atoms with van der Waals surface area (Å²) in [5, 5.41) is 13.0. The lowest BCUT2D eigenvalue weighted by atomic mass is 9.95. The Bertz CT molecular complexity index is 837. The van der Waals surface area contributed by atoms with Gasteiger partial charge < -0.3 is 20.2 Å². The molecule has 1 aromatic carbocycles. The number of amides is 2. The first-order valence-electron chi connectivity index (χ1n) is 13.4. The highest BCUT2D eigenvalue weighted by Crippen LogP contribution is 2.27. The molecule has 1 aromatic rings. The topological polar surface area (TPSA) is 59.1 Å². The second kappa shape index (κ2) is 14.7. The number of benzene rings is 1. The quantitative estimate of drug-likeness (QED) is 0.524. The Morgan fingerprint density at radius 1 is 0.971 bits per heavy atom. The van der Waals surface area contributed by atoms with E-state index in [1.807, 2.05) is 62.9 Å². The van der Waals surface area contributed by atoms with Crippen LogP contribution < -0.4 is 5.32 Å². The molecule has 0 radical (unpaired) electrons. The number of nitrogens with one attached hydrogen (secondary N) is 1. The van der Waals surface area contributed by atoms with Crippen LogP contribution in [-0.4, -0.2) is 70.1 Å². The van der Waals surface area contributed by atoms with Gasteiger partial charge in [0, 0.05) is 43.0 Å². The van der Waals surface area contributed by atoms with Gasteiger partial charge in [-0.25, -0.2) is 4.79 Å². The Labute approximate surface area is 213 Å². The van der Waals surface area contributed by atoms with Crippen molar-refractivity contribution in [2.75, 3.05) is 26.2 Å². The molecule has 0 saturated carbocycles. The van der Waals surface area contributed by atoms with Crippen LogP contribution in [0, 0.1) is 0 Å². The van der Waals surface area contributed by atoms with Crippen molar-refractivity contribution in [3.63, 3.8) is 0 Å². The third-order valence-electron chi connectivity index (χ3n) is 6.97. The van der Waals surface area contributed by atoms with Crippen molar-refractivity contribution in [1.82, 2.24) is 20.0 Å². The van der Waals surface area contributed by atoms with Crippen molar-refractivity contribution in [2.45, 2.75) is 78.0 Å². The first-order valence-corrected chi connectivity index (χ1v) is 13.4. The van der Waals surface area contributed by atoms with E-state index in [0.717, 1.165) is 69.7 Å². The number of carbonyl (C=O) groups excluding carboxylic acids is 1. The van der Waals surface area contributed by atoms with Crippen molar-refractivity contribution in [2.24, 2.45) is 0 Å². The zero-order valence-corrected chi connectivity index (χ0v) is 22.2. The average molecular weight is 483 g/mol. The van der Waals surface area contributed by atoms with E-state index in [4.69, 9.17) is 0 Å². The first-order chi connectivity index (χ1) is 17.1. The number of nitrogens with zero attached hydrogens (tertiary/aromatic N) is 3. The highest BCUT2D eigenvalue weighted by atomic mass is 16.3. The molecule has 0 spiro atoms. The van der Waals surface area contributed by atoms with Crippen LogP contribution >= 0.6 is 0 Å². The Kier molecular flexibility index (Phi) is 12.1. The van der Waals surface area contributed by atoms with Crippen LogP contribution in [0.25, 0.3) is 0 Å². The van der Waals surface area contributed by atoms with Gasteiger partial charge in [-0.3, -0.25) is 4.90 Å². The molecular weight excluding hydrogens is 436 g/mol. The molecule has 35 heavy (non-hydrogen) atoms. The van der Waals surface area contributed by atoms with Crippen LogP contribution in [0.2, 0.25) is 0 Å². The largest absolute Gasteiger partial charge is 0.508 e. The van der Waals surface area contributed by atoms with Crippen LogP contribution in [0.1, 0.15) is 58.9 Å². The number of hydrogen-bond acceptors (Lipinski definition) is 4. The predicted octanol–water partition coefficient (Wildman–Crippen LogP) is 5.52. The molecule has 2 N–H and O–H groups in total. The summed E-state index contributed by atoms with van der Waals surface area (Å²) in [6, 6.07) is 8.36. The number of para-hydroxylation sites is 1. The number of phenols is 1. The van der Waals surface area contributed by atoms with E-state index in [1.54, 1.807) is 12.1 Å². The fraction of sp³-hybridized carbons (Fsp3) is 0.552. The minimum atomic E-state index is -0.0732. The normalized spacial score (nSPS) is 22.1. The summed E-state index contributed by atoms with van der Waals surface area (Å²) in [6.07, 6.45) is 9.84. The lowest BCUT2D eigenvalue weighted by molar-refractivity contribution is 0.0587. The standard InChI is InChI=1S/C25H34N4O2.2C2H6/c1-3-20-17-21(4-2)29(25(31)26-20)23-11-15-28(16-12-23)22-9-13-27(14-10-22)18-19-7-5-6-8-24(19)30;2*1-2/h3-8,17,21-23,30H,1-2,9-16,18H2,(H,26,31);2*1-2H3. The third-order valence-corrected chi connectivity index (χ3v) is 6.97. The van der Waals surface area contributed by atoms with Crippen LogP contribution in [0.3, 0.4) is 0 Å². The maximum absolute atomic E-state index is 12.7. The Hall–Kier alpha value is -2.57. The minimum absolute atomic E-state index is 0.0433. The Balaban J connectivity index is 0.00000103. The molecule has 0 aliphatic carbocycles. The average Bonchev–Trinajstić information content (AvgIpc) is 2.92. The number of allylic oxidation sites excluding steroid dienone is 1. The van der Waals surface area contributed by atoms with Crippen LogP contribution in [0.15, 0.2) is 61.3 Å². The predicted molar refractivity (Wildman–Crippen MR) is 146 cm³/mol. The molecule has 2 fully saturated rings. The maximum atomic E-state index is 12.7. The van der Waals surface area contributed by atoms with Gasteiger partial charge in [-0.15, -0.1) is 6.58 Å². The molecule has 1 unspecified atom stereocenters. The highest BCUT2D eigenvalue weighted by molar-refractivity contribution is 5.79. The third kappa shape index (κ3) is 7.45. The van der Waals surface area contributed by atoms with E-state index in [9.17, 15) is 9.90 Å². The van der Waals surface area contributed by atoms with E-state index in [-0.39, 0.29) is 18.1 Å². The lowest BCUT2D eigenvalue weighted by Gasteiger charge is -2.46. The summed E-state index contributed by atoms with van der Waals surface area (Å²) in [6.45, 7) is 20.7. The van der Waals surface area contributed by atoms with Gasteiger partial charge >= 0.3 is 6.03 Å². The summed E-state index contributed by atoms with van der Waals surface area (Å²) >= 11 is 0. The second-order valence-corrected chi connectivity index (χ2v) is 8.79. The molecule has 0 aromatic heterocycles. The van der Waals surface area contributed by atoms with E-state index in [2.05, 4.69) is 28.3 Å². The summed E-state index contributed by atoms with van der Waals surface area (Å²) in [4.78, 5) is 19.7. The second-order valence-electron chi connectivity index (χ2n) is 8.79. The zero-order chi connectivity index (χ0) is 25.8. The molecule has 2 amide bonds. The molecule has 2 saturated heterocycles. The van der Waals surface area contributed by atoms with Gasteiger partial charge in [0.2, 0.25) is 0 Å². The van der Waals surface area contributed by atoms with Crippen molar-refractivity contribution in [3.05, 3.63) is 66.9 Å². The fourth-order valence-electron chi connectivity index (χ4n) is 5.20. The van der Waals surface area contributed by atoms with Crippen molar-refractivity contribution < 1.29 is 9.90 Å². The molecule has 3 aliphatic heterocycles. The zero-order valence-electron chi connectivity index (χ0n) is 22.2. The number of aromatic hydroxyl groups is 1. The number of rotatable bonds is 6. The summed E-state index contributed by atoms with van der Waals surface area (Å²) < 4.78 is 0. The van der Waals surface area contributed by atoms with Crippen LogP contribution in [0.4, 0.5) is 4.79 Å². The summed E-state index contributed by atoms with van der Waals surface area (Å²) in [7, 11) is 0. The van der Waals surface area contributed by atoms with Gasteiger partial charge in [0.15, 0.2) is 0 Å². The summed E-state index contributed by atoms with van der Waals surface area (Å²) in [5.41, 5.74) is 1.77. The lowest BCUT2D eigenvalue weighted by Crippen LogP contribution is -2.57. The van der Waals surface area contributed by atoms with Gasteiger partial charge in [-0.2, -0.15) is 0 Å². The molecule has 3 heterocycles. The molecule has 194 valence electrons. The first kappa shape index (κ1) is 28.7. The molecule has 0 bridgehead atoms. The monoisotopic (exact) mass is 482 g/mol. The number of likely N-dealkylation sites (tertiary alicyclic amines) is 2. The Morgan fingerprint density at radius 3 is 2.14 bits per heavy atom. The molecule has 4 rings (SSSR count). The smallest absolute Gasteiger partial charge is 0.322 e. The maximum Gasteiger partial charge on any atom is 0.322 e. The number of carbonyl (C=O) groups is 1. The minimum Gasteiger partial charge on any atom is -0.508 e. The molecule has 6 nitrogen and oxygen atoms in total. The number of hydrogen-bond donors (Lipinski definition) is 2. The fourth-order valence-corrected chi connectivity index (χ4v) is 5.20. The molecule has 6 heteroatoms. The molecule has 3 aliphatic rings. The number of piperidine rings is 2. The van der Waals surface area contributed by atoms with Crippen LogP contribution in [-0.2, 0) is 6.54 Å². The van der Waals surface area contributed by atoms with Crippen LogP contribution in [0.5, 0.6) is 5.75 Å². The summed E-state index contributed by atoms with van der Waals surface area (Å²) in [5.74, 6) is 0.390. The van der Waals surface area contributed by atoms with E-state index < -0.39 is 0 Å². The Morgan fingerprint density at radius 2 is 1.57 bits per heavy atom. The van der Waals surface area contributed by atoms with E-state index in [0.29, 0.717) is 11.8 Å². The van der Waals surface area contributed by atoms with E-state index >= 15 is 0 Å². The molecular formula is C29H46N4O2. The number of urea groups is 1.